The van der Waals surface area contributed by atoms with E-state index in [-0.39, 0.29) is 11.4 Å². The van der Waals surface area contributed by atoms with Crippen LogP contribution in [-0.4, -0.2) is 43.4 Å². The highest BCUT2D eigenvalue weighted by Gasteiger charge is 2.15. The molecule has 0 amide bonds. The minimum Gasteiger partial charge on any atom is -0.493 e. The third-order valence-electron chi connectivity index (χ3n) is 3.94. The monoisotopic (exact) mass is 401 g/mol. The molecule has 0 unspecified atom stereocenters. The molecule has 0 saturated heterocycles. The largest absolute Gasteiger partial charge is 0.493 e. The van der Waals surface area contributed by atoms with E-state index in [1.165, 1.54) is 32.5 Å². The van der Waals surface area contributed by atoms with Crippen molar-refractivity contribution in [1.29, 1.82) is 0 Å². The van der Waals surface area contributed by atoms with Crippen molar-refractivity contribution in [3.63, 3.8) is 0 Å². The van der Waals surface area contributed by atoms with Crippen LogP contribution in [0.4, 0.5) is 15.9 Å². The predicted molar refractivity (Wildman–Crippen MR) is 104 cm³/mol. The van der Waals surface area contributed by atoms with Crippen molar-refractivity contribution in [2.24, 2.45) is 0 Å². The number of methoxy groups -OCH3 is 2. The van der Waals surface area contributed by atoms with Crippen LogP contribution in [0.25, 0.3) is 10.9 Å². The summed E-state index contributed by atoms with van der Waals surface area (Å²) < 4.78 is 35.6. The molecule has 9 heteroatoms. The Morgan fingerprint density at radius 1 is 1.10 bits per heavy atom. The number of halogens is 1. The Morgan fingerprint density at radius 3 is 2.66 bits per heavy atom. The molecule has 0 aliphatic carbocycles. The highest BCUT2D eigenvalue weighted by atomic mass is 19.1. The SMILES string of the molecule is COCCOc1cc2ncnc(Nc3cccc(OC(C)=O)c3F)c2cc1OC. The van der Waals surface area contributed by atoms with Crippen LogP contribution >= 0.6 is 0 Å². The van der Waals surface area contributed by atoms with E-state index in [0.29, 0.717) is 41.4 Å². The van der Waals surface area contributed by atoms with Gasteiger partial charge in [-0.2, -0.15) is 0 Å². The maximum absolute atomic E-state index is 14.7. The second kappa shape index (κ2) is 9.16. The van der Waals surface area contributed by atoms with Crippen LogP contribution in [-0.2, 0) is 9.53 Å². The number of nitrogens with one attached hydrogen (secondary N) is 1. The van der Waals surface area contributed by atoms with Crippen LogP contribution in [0, 0.1) is 5.82 Å². The molecule has 0 fully saturated rings. The summed E-state index contributed by atoms with van der Waals surface area (Å²) in [6.07, 6.45) is 1.35. The van der Waals surface area contributed by atoms with E-state index >= 15 is 0 Å². The first kappa shape index (κ1) is 20.3. The fourth-order valence-corrected chi connectivity index (χ4v) is 2.64. The first-order chi connectivity index (χ1) is 14.0. The number of fused-ring (bicyclic) bond motifs is 1. The van der Waals surface area contributed by atoms with Gasteiger partial charge in [0.1, 0.15) is 18.8 Å². The number of rotatable bonds is 8. The molecule has 0 saturated carbocycles. The normalized spacial score (nSPS) is 10.6. The number of ether oxygens (including phenoxy) is 4. The van der Waals surface area contributed by atoms with Crippen molar-refractivity contribution in [3.8, 4) is 17.2 Å². The Hall–Kier alpha value is -3.46. The van der Waals surface area contributed by atoms with Gasteiger partial charge in [-0.15, -0.1) is 0 Å². The predicted octanol–water partition coefficient (Wildman–Crippen LogP) is 3.47. The molecular weight excluding hydrogens is 381 g/mol. The molecule has 152 valence electrons. The molecule has 0 bridgehead atoms. The lowest BCUT2D eigenvalue weighted by Crippen LogP contribution is -2.06. The number of esters is 1. The van der Waals surface area contributed by atoms with Gasteiger partial charge in [-0.1, -0.05) is 6.07 Å². The van der Waals surface area contributed by atoms with Gasteiger partial charge in [0.2, 0.25) is 0 Å². The molecule has 3 rings (SSSR count). The second-order valence-corrected chi connectivity index (χ2v) is 5.92. The molecule has 0 radical (unpaired) electrons. The van der Waals surface area contributed by atoms with Crippen LogP contribution in [0.2, 0.25) is 0 Å². The molecule has 0 aliphatic rings. The maximum Gasteiger partial charge on any atom is 0.308 e. The van der Waals surface area contributed by atoms with Gasteiger partial charge >= 0.3 is 5.97 Å². The molecule has 1 aromatic heterocycles. The van der Waals surface area contributed by atoms with Crippen molar-refractivity contribution in [2.75, 3.05) is 32.8 Å². The number of carbonyl (C=O) groups excluding carboxylic acids is 1. The number of hydrogen-bond acceptors (Lipinski definition) is 8. The topological polar surface area (TPSA) is 91.8 Å². The summed E-state index contributed by atoms with van der Waals surface area (Å²) in [6, 6.07) is 7.85. The number of benzene rings is 2. The smallest absolute Gasteiger partial charge is 0.308 e. The quantitative estimate of drug-likeness (QED) is 0.349. The van der Waals surface area contributed by atoms with Gasteiger partial charge in [-0.05, 0) is 18.2 Å². The fraction of sp³-hybridized carbons (Fsp3) is 0.250. The summed E-state index contributed by atoms with van der Waals surface area (Å²) in [5.74, 6) is -0.159. The molecule has 0 atom stereocenters. The van der Waals surface area contributed by atoms with Crippen LogP contribution in [0.3, 0.4) is 0 Å². The van der Waals surface area contributed by atoms with Crippen LogP contribution in [0.5, 0.6) is 17.2 Å². The van der Waals surface area contributed by atoms with Crippen LogP contribution in [0.15, 0.2) is 36.7 Å². The van der Waals surface area contributed by atoms with Crippen LogP contribution in [0.1, 0.15) is 6.92 Å². The van der Waals surface area contributed by atoms with Crippen molar-refractivity contribution in [2.45, 2.75) is 6.92 Å². The lowest BCUT2D eigenvalue weighted by atomic mass is 10.2. The van der Waals surface area contributed by atoms with Gasteiger partial charge in [0.25, 0.3) is 0 Å². The summed E-state index contributed by atoms with van der Waals surface area (Å²) >= 11 is 0. The second-order valence-electron chi connectivity index (χ2n) is 5.92. The minimum atomic E-state index is -0.707. The fourth-order valence-electron chi connectivity index (χ4n) is 2.64. The van der Waals surface area contributed by atoms with Gasteiger partial charge in [-0.25, -0.2) is 14.4 Å². The highest BCUT2D eigenvalue weighted by molar-refractivity contribution is 5.93. The van der Waals surface area contributed by atoms with Crippen LogP contribution < -0.4 is 19.5 Å². The number of anilines is 2. The molecule has 3 aromatic rings. The van der Waals surface area contributed by atoms with E-state index in [2.05, 4.69) is 15.3 Å². The zero-order valence-electron chi connectivity index (χ0n) is 16.2. The lowest BCUT2D eigenvalue weighted by molar-refractivity contribution is -0.132. The summed E-state index contributed by atoms with van der Waals surface area (Å²) in [5.41, 5.74) is 0.676. The molecule has 0 aliphatic heterocycles. The first-order valence-electron chi connectivity index (χ1n) is 8.72. The van der Waals surface area contributed by atoms with Crippen molar-refractivity contribution >= 4 is 28.4 Å². The molecule has 1 N–H and O–H groups in total. The van der Waals surface area contributed by atoms with Gasteiger partial charge in [-0.3, -0.25) is 4.79 Å². The Kier molecular flexibility index (Phi) is 6.40. The van der Waals surface area contributed by atoms with Gasteiger partial charge in [0, 0.05) is 25.5 Å². The van der Waals surface area contributed by atoms with E-state index in [1.807, 2.05) is 0 Å². The average Bonchev–Trinajstić information content (AvgIpc) is 2.70. The Labute approximate surface area is 166 Å². The summed E-state index contributed by atoms with van der Waals surface area (Å²) in [4.78, 5) is 19.6. The minimum absolute atomic E-state index is 0.100. The van der Waals surface area contributed by atoms with E-state index < -0.39 is 11.8 Å². The molecule has 29 heavy (non-hydrogen) atoms. The summed E-state index contributed by atoms with van der Waals surface area (Å²) in [6.45, 7) is 1.98. The number of hydrogen-bond donors (Lipinski definition) is 1. The molecular formula is C20H20FN3O5. The summed E-state index contributed by atoms with van der Waals surface area (Å²) in [5, 5.41) is 3.52. The molecule has 1 heterocycles. The maximum atomic E-state index is 14.7. The van der Waals surface area contributed by atoms with E-state index in [0.717, 1.165) is 0 Å². The molecule has 2 aromatic carbocycles. The van der Waals surface area contributed by atoms with Gasteiger partial charge < -0.3 is 24.3 Å². The lowest BCUT2D eigenvalue weighted by Gasteiger charge is -2.14. The summed E-state index contributed by atoms with van der Waals surface area (Å²) in [7, 11) is 3.10. The Balaban J connectivity index is 1.97. The zero-order valence-corrected chi connectivity index (χ0v) is 16.2. The van der Waals surface area contributed by atoms with Crippen molar-refractivity contribution in [1.82, 2.24) is 9.97 Å². The number of nitrogens with zero attached hydrogens (tertiary/aromatic N) is 2. The van der Waals surface area contributed by atoms with Crippen molar-refractivity contribution < 1.29 is 28.1 Å². The zero-order chi connectivity index (χ0) is 20.8. The van der Waals surface area contributed by atoms with Gasteiger partial charge in [0.15, 0.2) is 23.1 Å². The Morgan fingerprint density at radius 2 is 1.93 bits per heavy atom. The first-order valence-corrected chi connectivity index (χ1v) is 8.72. The van der Waals surface area contributed by atoms with E-state index in [9.17, 15) is 9.18 Å². The van der Waals surface area contributed by atoms with Gasteiger partial charge in [0.05, 0.1) is 24.9 Å². The van der Waals surface area contributed by atoms with E-state index in [4.69, 9.17) is 18.9 Å². The number of carbonyl (C=O) groups is 1. The van der Waals surface area contributed by atoms with Crippen molar-refractivity contribution in [3.05, 3.63) is 42.5 Å². The number of aromatic nitrogens is 2. The third-order valence-corrected chi connectivity index (χ3v) is 3.94. The third kappa shape index (κ3) is 4.69. The standard InChI is InChI=1S/C20H20FN3O5/c1-12(25)29-16-6-4-5-14(19(16)21)24-20-13-9-17(27-3)18(28-8-7-26-2)10-15(13)22-11-23-20/h4-6,9-11H,7-8H2,1-3H3,(H,22,23,24). The van der Waals surface area contributed by atoms with E-state index in [1.54, 1.807) is 25.3 Å². The molecule has 0 spiro atoms. The average molecular weight is 401 g/mol. The molecule has 8 nitrogen and oxygen atoms in total. The highest BCUT2D eigenvalue weighted by Crippen LogP contribution is 2.35. The Bertz CT molecular complexity index is 1030.